The number of carbonyl (C=O) groups is 4. The number of carbonyl (C=O) groups excluding carboxylic acids is 4. The van der Waals surface area contributed by atoms with Crippen molar-refractivity contribution in [3.05, 3.63) is 60.2 Å². The molecule has 0 saturated carbocycles. The van der Waals surface area contributed by atoms with E-state index in [1.165, 1.54) is 25.1 Å². The maximum absolute atomic E-state index is 13.1. The Morgan fingerprint density at radius 1 is 1.20 bits per heavy atom. The Kier molecular flexibility index (Phi) is 7.95. The second-order valence-corrected chi connectivity index (χ2v) is 9.82. The van der Waals surface area contributed by atoms with Gasteiger partial charge in [-0.05, 0) is 43.4 Å². The minimum atomic E-state index is -2.28. The van der Waals surface area contributed by atoms with Crippen molar-refractivity contribution in [2.45, 2.75) is 64.4 Å². The van der Waals surface area contributed by atoms with Crippen molar-refractivity contribution in [2.24, 2.45) is 17.8 Å². The molecule has 1 aliphatic heterocycles. The minimum absolute atomic E-state index is 0.0260. The van der Waals surface area contributed by atoms with E-state index in [9.17, 15) is 24.3 Å². The summed E-state index contributed by atoms with van der Waals surface area (Å²) in [5.74, 6) is -4.01. The van der Waals surface area contributed by atoms with Crippen LogP contribution in [0.3, 0.4) is 0 Å². The highest BCUT2D eigenvalue weighted by molar-refractivity contribution is 5.98. The molecule has 2 aliphatic rings. The van der Waals surface area contributed by atoms with Gasteiger partial charge in [-0.1, -0.05) is 51.6 Å². The van der Waals surface area contributed by atoms with E-state index in [0.29, 0.717) is 6.42 Å². The number of ketones is 1. The Morgan fingerprint density at radius 2 is 1.86 bits per heavy atom. The van der Waals surface area contributed by atoms with Crippen LogP contribution in [0.1, 0.15) is 50.9 Å². The summed E-state index contributed by atoms with van der Waals surface area (Å²) in [6.07, 6.45) is -0.615. The predicted octanol–water partition coefficient (Wildman–Crippen LogP) is 3.18. The molecule has 1 saturated heterocycles. The molecule has 1 heterocycles. The second kappa shape index (κ2) is 10.6. The van der Waals surface area contributed by atoms with Crippen molar-refractivity contribution in [3.8, 4) is 0 Å². The molecule has 8 nitrogen and oxygen atoms in total. The molecule has 35 heavy (non-hydrogen) atoms. The summed E-state index contributed by atoms with van der Waals surface area (Å²) >= 11 is 0. The summed E-state index contributed by atoms with van der Waals surface area (Å²) < 4.78 is 17.0. The van der Waals surface area contributed by atoms with Gasteiger partial charge in [-0.25, -0.2) is 9.59 Å². The minimum Gasteiger partial charge on any atom is -0.458 e. The first-order valence-electron chi connectivity index (χ1n) is 11.7. The van der Waals surface area contributed by atoms with E-state index in [0.717, 1.165) is 0 Å². The third-order valence-electron chi connectivity index (χ3n) is 6.29. The molecule has 1 N–H and O–H groups in total. The summed E-state index contributed by atoms with van der Waals surface area (Å²) in [6, 6.07) is 8.03. The molecule has 188 valence electrons. The van der Waals surface area contributed by atoms with Crippen LogP contribution in [0, 0.1) is 17.8 Å². The zero-order valence-electron chi connectivity index (χ0n) is 20.4. The largest absolute Gasteiger partial charge is 0.458 e. The van der Waals surface area contributed by atoms with Crippen LogP contribution in [0.25, 0.3) is 0 Å². The van der Waals surface area contributed by atoms with Crippen LogP contribution in [0.15, 0.2) is 54.6 Å². The lowest BCUT2D eigenvalue weighted by Gasteiger charge is -2.39. The second-order valence-electron chi connectivity index (χ2n) is 9.82. The molecule has 1 fully saturated rings. The van der Waals surface area contributed by atoms with Gasteiger partial charge in [0.2, 0.25) is 0 Å². The Morgan fingerprint density at radius 3 is 2.49 bits per heavy atom. The maximum Gasteiger partial charge on any atom is 0.338 e. The Labute approximate surface area is 204 Å². The molecule has 0 amide bonds. The molecular weight excluding hydrogens is 452 g/mol. The van der Waals surface area contributed by atoms with Gasteiger partial charge >= 0.3 is 17.9 Å². The monoisotopic (exact) mass is 484 g/mol. The number of hydrogen-bond acceptors (Lipinski definition) is 8. The summed E-state index contributed by atoms with van der Waals surface area (Å²) in [7, 11) is 0. The number of hydrogen-bond donors (Lipinski definition) is 1. The highest BCUT2D eigenvalue weighted by atomic mass is 16.6. The van der Waals surface area contributed by atoms with Crippen molar-refractivity contribution in [1.29, 1.82) is 0 Å². The molecule has 0 bridgehead atoms. The van der Waals surface area contributed by atoms with Crippen LogP contribution in [0.5, 0.6) is 0 Å². The van der Waals surface area contributed by atoms with Gasteiger partial charge < -0.3 is 19.3 Å². The summed E-state index contributed by atoms with van der Waals surface area (Å²) in [6.45, 7) is 10.5. The molecule has 1 aromatic rings. The summed E-state index contributed by atoms with van der Waals surface area (Å²) in [5.41, 5.74) is -2.08. The van der Waals surface area contributed by atoms with Crippen molar-refractivity contribution in [1.82, 2.24) is 0 Å². The Bertz CT molecular complexity index is 1020. The number of aliphatic hydroxyl groups is 1. The SMILES string of the molecule is C=C1C(=O)O[C@@H]2C[C@H](C)/C=C\C(=O)[C@](C)(O)[C@@H](OC(=O)c3ccccc3)[C@@H](OC(=O)CC(C)C)[C@@H]12. The fraction of sp³-hybridized carbons (Fsp3) is 0.481. The van der Waals surface area contributed by atoms with Crippen LogP contribution < -0.4 is 0 Å². The van der Waals surface area contributed by atoms with E-state index in [1.54, 1.807) is 24.3 Å². The van der Waals surface area contributed by atoms with Gasteiger partial charge in [0, 0.05) is 12.0 Å². The first kappa shape index (κ1) is 26.3. The number of ether oxygens (including phenoxy) is 3. The topological polar surface area (TPSA) is 116 Å². The van der Waals surface area contributed by atoms with Crippen molar-refractivity contribution in [3.63, 3.8) is 0 Å². The average molecular weight is 485 g/mol. The van der Waals surface area contributed by atoms with E-state index in [2.05, 4.69) is 6.58 Å². The Hall–Kier alpha value is -3.26. The smallest absolute Gasteiger partial charge is 0.338 e. The molecule has 3 rings (SSSR count). The zero-order valence-corrected chi connectivity index (χ0v) is 20.4. The van der Waals surface area contributed by atoms with E-state index in [-0.39, 0.29) is 29.4 Å². The van der Waals surface area contributed by atoms with Gasteiger partial charge in [-0.15, -0.1) is 0 Å². The first-order chi connectivity index (χ1) is 16.4. The van der Waals surface area contributed by atoms with Crippen LogP contribution in [0.4, 0.5) is 0 Å². The standard InChI is InChI=1S/C27H32O8/c1-15(2)13-21(29)34-23-22-17(4)25(30)33-19(22)14-16(3)11-12-20(28)27(5,32)24(23)35-26(31)18-9-7-6-8-10-18/h6-12,15-16,19,22-24,32H,4,13-14H2,1-3,5H3/b12-11-/t16-,19-,22+,23+,24+,27+/m1/s1. The maximum atomic E-state index is 13.1. The van der Waals surface area contributed by atoms with E-state index in [1.807, 2.05) is 20.8 Å². The zero-order chi connectivity index (χ0) is 25.9. The highest BCUT2D eigenvalue weighted by Crippen LogP contribution is 2.40. The predicted molar refractivity (Wildman–Crippen MR) is 126 cm³/mol. The highest BCUT2D eigenvalue weighted by Gasteiger charge is 2.56. The Balaban J connectivity index is 2.13. The quantitative estimate of drug-likeness (QED) is 0.385. The molecule has 0 unspecified atom stereocenters. The van der Waals surface area contributed by atoms with Crippen molar-refractivity contribution >= 4 is 23.7 Å². The van der Waals surface area contributed by atoms with Crippen LogP contribution >= 0.6 is 0 Å². The lowest BCUT2D eigenvalue weighted by Crippen LogP contribution is -2.58. The van der Waals surface area contributed by atoms with Gasteiger partial charge in [0.25, 0.3) is 0 Å². The number of esters is 3. The number of fused-ring (bicyclic) bond motifs is 1. The molecule has 0 spiro atoms. The number of allylic oxidation sites excluding steroid dienone is 1. The normalized spacial score (nSPS) is 31.9. The molecular formula is C27H32O8. The number of rotatable bonds is 5. The number of benzene rings is 1. The summed E-state index contributed by atoms with van der Waals surface area (Å²) in [4.78, 5) is 51.4. The molecule has 8 heteroatoms. The lowest BCUT2D eigenvalue weighted by molar-refractivity contribution is -0.182. The molecule has 1 aromatic carbocycles. The van der Waals surface area contributed by atoms with Crippen molar-refractivity contribution < 1.29 is 38.5 Å². The van der Waals surface area contributed by atoms with Gasteiger partial charge in [0.15, 0.2) is 23.6 Å². The van der Waals surface area contributed by atoms with Gasteiger partial charge in [0.1, 0.15) is 6.10 Å². The third kappa shape index (κ3) is 5.88. The summed E-state index contributed by atoms with van der Waals surface area (Å²) in [5, 5.41) is 11.4. The van der Waals surface area contributed by atoms with E-state index >= 15 is 0 Å². The van der Waals surface area contributed by atoms with Crippen LogP contribution in [0.2, 0.25) is 0 Å². The fourth-order valence-corrected chi connectivity index (χ4v) is 4.37. The van der Waals surface area contributed by atoms with Gasteiger partial charge in [-0.3, -0.25) is 9.59 Å². The fourth-order valence-electron chi connectivity index (χ4n) is 4.37. The third-order valence-corrected chi connectivity index (χ3v) is 6.29. The van der Waals surface area contributed by atoms with Crippen LogP contribution in [-0.4, -0.2) is 52.7 Å². The van der Waals surface area contributed by atoms with Gasteiger partial charge in [-0.2, -0.15) is 0 Å². The average Bonchev–Trinajstić information content (AvgIpc) is 3.06. The van der Waals surface area contributed by atoms with E-state index < -0.39 is 53.5 Å². The van der Waals surface area contributed by atoms with Crippen LogP contribution in [-0.2, 0) is 28.6 Å². The molecule has 0 radical (unpaired) electrons. The first-order valence-corrected chi connectivity index (χ1v) is 11.7. The lowest BCUT2D eigenvalue weighted by atomic mass is 9.77. The van der Waals surface area contributed by atoms with Crippen molar-refractivity contribution in [2.75, 3.05) is 0 Å². The van der Waals surface area contributed by atoms with E-state index in [4.69, 9.17) is 14.2 Å². The molecule has 1 aliphatic carbocycles. The molecule has 0 aromatic heterocycles. The molecule has 6 atom stereocenters. The van der Waals surface area contributed by atoms with Gasteiger partial charge in [0.05, 0.1) is 11.5 Å².